The summed E-state index contributed by atoms with van der Waals surface area (Å²) in [5.41, 5.74) is 2.13. The summed E-state index contributed by atoms with van der Waals surface area (Å²) in [6.45, 7) is 9.35. The van der Waals surface area contributed by atoms with Crippen molar-refractivity contribution in [2.45, 2.75) is 65.1 Å². The highest BCUT2D eigenvalue weighted by Crippen LogP contribution is 2.47. The maximum Gasteiger partial charge on any atom is 0.108 e. The topological polar surface area (TPSA) is 29.5 Å². The van der Waals surface area contributed by atoms with E-state index in [1.54, 1.807) is 0 Å². The number of rotatable bonds is 4. The van der Waals surface area contributed by atoms with Crippen LogP contribution in [0.15, 0.2) is 24.3 Å². The van der Waals surface area contributed by atoms with E-state index in [0.717, 1.165) is 31.2 Å². The van der Waals surface area contributed by atoms with Crippen molar-refractivity contribution in [1.82, 2.24) is 0 Å². The maximum atomic E-state index is 10.9. The van der Waals surface area contributed by atoms with E-state index in [1.165, 1.54) is 5.56 Å². The molecule has 2 rings (SSSR count). The lowest BCUT2D eigenvalue weighted by molar-refractivity contribution is -0.153. The summed E-state index contributed by atoms with van der Waals surface area (Å²) in [6.07, 6.45) is 3.55. The van der Waals surface area contributed by atoms with Crippen LogP contribution in [0.4, 0.5) is 0 Å². The van der Waals surface area contributed by atoms with Crippen molar-refractivity contribution >= 4 is 0 Å². The van der Waals surface area contributed by atoms with Gasteiger partial charge in [-0.05, 0) is 50.5 Å². The predicted octanol–water partition coefficient (Wildman–Crippen LogP) is 4.40. The number of aliphatic hydroxyl groups excluding tert-OH is 1. The standard InChI is InChI=1S/C18H28O2/c1-5-20-18(11-9-17(3,4)10-12-18)16(19)15-8-6-7-14(2)13-15/h6-8,13,16,19H,5,9-12H2,1-4H3. The van der Waals surface area contributed by atoms with Gasteiger partial charge in [0.25, 0.3) is 0 Å². The van der Waals surface area contributed by atoms with Gasteiger partial charge in [0, 0.05) is 6.61 Å². The highest BCUT2D eigenvalue weighted by molar-refractivity contribution is 5.26. The van der Waals surface area contributed by atoms with E-state index in [1.807, 2.05) is 19.1 Å². The molecule has 1 aromatic rings. The first-order valence-corrected chi connectivity index (χ1v) is 7.77. The molecule has 1 saturated carbocycles. The molecule has 2 nitrogen and oxygen atoms in total. The third-order valence-electron chi connectivity index (χ3n) is 4.74. The van der Waals surface area contributed by atoms with Gasteiger partial charge in [0.2, 0.25) is 0 Å². The first-order chi connectivity index (χ1) is 9.38. The van der Waals surface area contributed by atoms with Crippen molar-refractivity contribution in [3.8, 4) is 0 Å². The summed E-state index contributed by atoms with van der Waals surface area (Å²) in [6, 6.07) is 8.16. The average Bonchev–Trinajstić information content (AvgIpc) is 2.41. The zero-order valence-corrected chi connectivity index (χ0v) is 13.3. The van der Waals surface area contributed by atoms with E-state index in [9.17, 15) is 5.11 Å². The predicted molar refractivity (Wildman–Crippen MR) is 82.7 cm³/mol. The number of aryl methyl sites for hydroxylation is 1. The van der Waals surface area contributed by atoms with Crippen molar-refractivity contribution < 1.29 is 9.84 Å². The first-order valence-electron chi connectivity index (χ1n) is 7.77. The average molecular weight is 276 g/mol. The monoisotopic (exact) mass is 276 g/mol. The van der Waals surface area contributed by atoms with Crippen LogP contribution in [0.5, 0.6) is 0 Å². The van der Waals surface area contributed by atoms with Crippen LogP contribution in [0.25, 0.3) is 0 Å². The van der Waals surface area contributed by atoms with Gasteiger partial charge in [0.15, 0.2) is 0 Å². The Kier molecular flexibility index (Phi) is 4.55. The molecule has 0 saturated heterocycles. The fourth-order valence-electron chi connectivity index (χ4n) is 3.28. The van der Waals surface area contributed by atoms with Crippen molar-refractivity contribution in [2.24, 2.45) is 5.41 Å². The largest absolute Gasteiger partial charge is 0.385 e. The molecule has 1 fully saturated rings. The second-order valence-electron chi connectivity index (χ2n) is 6.98. The second-order valence-corrected chi connectivity index (χ2v) is 6.98. The molecule has 2 heteroatoms. The molecule has 0 aromatic heterocycles. The van der Waals surface area contributed by atoms with Crippen molar-refractivity contribution in [3.05, 3.63) is 35.4 Å². The number of hydrogen-bond donors (Lipinski definition) is 1. The molecule has 0 aliphatic heterocycles. The number of benzene rings is 1. The van der Waals surface area contributed by atoms with Gasteiger partial charge in [-0.2, -0.15) is 0 Å². The number of hydrogen-bond acceptors (Lipinski definition) is 2. The van der Waals surface area contributed by atoms with Crippen LogP contribution < -0.4 is 0 Å². The summed E-state index contributed by atoms with van der Waals surface area (Å²) < 4.78 is 6.07. The first kappa shape index (κ1) is 15.5. The fraction of sp³-hybridized carbons (Fsp3) is 0.667. The zero-order valence-electron chi connectivity index (χ0n) is 13.3. The van der Waals surface area contributed by atoms with E-state index >= 15 is 0 Å². The van der Waals surface area contributed by atoms with Crippen molar-refractivity contribution in [1.29, 1.82) is 0 Å². The molecule has 1 N–H and O–H groups in total. The fourth-order valence-corrected chi connectivity index (χ4v) is 3.28. The van der Waals surface area contributed by atoms with Gasteiger partial charge in [-0.3, -0.25) is 0 Å². The molecule has 1 aromatic carbocycles. The third-order valence-corrected chi connectivity index (χ3v) is 4.74. The van der Waals surface area contributed by atoms with Crippen LogP contribution in [-0.4, -0.2) is 17.3 Å². The molecule has 0 radical (unpaired) electrons. The highest BCUT2D eigenvalue weighted by atomic mass is 16.5. The zero-order chi connectivity index (χ0) is 14.8. The smallest absolute Gasteiger partial charge is 0.108 e. The Labute approximate surface area is 123 Å². The second kappa shape index (κ2) is 5.87. The lowest BCUT2D eigenvalue weighted by atomic mass is 9.68. The van der Waals surface area contributed by atoms with Gasteiger partial charge in [-0.25, -0.2) is 0 Å². The molecule has 112 valence electrons. The van der Waals surface area contributed by atoms with E-state index in [-0.39, 0.29) is 0 Å². The Morgan fingerprint density at radius 3 is 2.40 bits per heavy atom. The lowest BCUT2D eigenvalue weighted by Crippen LogP contribution is -2.44. The van der Waals surface area contributed by atoms with Crippen LogP contribution in [0.3, 0.4) is 0 Å². The molecule has 20 heavy (non-hydrogen) atoms. The van der Waals surface area contributed by atoms with Gasteiger partial charge in [-0.1, -0.05) is 43.7 Å². The van der Waals surface area contributed by atoms with E-state index in [0.29, 0.717) is 12.0 Å². The normalized spacial score (nSPS) is 22.4. The Morgan fingerprint density at radius 2 is 1.85 bits per heavy atom. The Balaban J connectivity index is 2.24. The van der Waals surface area contributed by atoms with E-state index < -0.39 is 11.7 Å². The molecule has 1 aliphatic carbocycles. The SMILES string of the molecule is CCOC1(C(O)c2cccc(C)c2)CCC(C)(C)CC1. The van der Waals surface area contributed by atoms with E-state index in [4.69, 9.17) is 4.74 Å². The third kappa shape index (κ3) is 3.24. The molecule has 1 aliphatic rings. The van der Waals surface area contributed by atoms with Crippen LogP contribution in [-0.2, 0) is 4.74 Å². The van der Waals surface area contributed by atoms with E-state index in [2.05, 4.69) is 32.9 Å². The molecular weight excluding hydrogens is 248 g/mol. The number of aliphatic hydroxyl groups is 1. The summed E-state index contributed by atoms with van der Waals surface area (Å²) in [5, 5.41) is 10.9. The minimum atomic E-state index is -0.529. The molecule has 0 amide bonds. The molecule has 0 heterocycles. The van der Waals surface area contributed by atoms with Crippen LogP contribution in [0.1, 0.15) is 63.7 Å². The molecule has 1 unspecified atom stereocenters. The van der Waals surface area contributed by atoms with Crippen molar-refractivity contribution in [2.75, 3.05) is 6.61 Å². The van der Waals surface area contributed by atoms with Gasteiger partial charge >= 0.3 is 0 Å². The summed E-state index contributed by atoms with van der Waals surface area (Å²) in [7, 11) is 0. The quantitative estimate of drug-likeness (QED) is 0.883. The number of ether oxygens (including phenoxy) is 1. The summed E-state index contributed by atoms with van der Waals surface area (Å²) in [4.78, 5) is 0. The summed E-state index contributed by atoms with van der Waals surface area (Å²) in [5.74, 6) is 0. The minimum absolute atomic E-state index is 0.368. The van der Waals surface area contributed by atoms with Gasteiger partial charge < -0.3 is 9.84 Å². The molecular formula is C18H28O2. The Hall–Kier alpha value is -0.860. The molecule has 0 spiro atoms. The van der Waals surface area contributed by atoms with Gasteiger partial charge in [-0.15, -0.1) is 0 Å². The van der Waals surface area contributed by atoms with Crippen LogP contribution in [0, 0.1) is 12.3 Å². The van der Waals surface area contributed by atoms with Crippen molar-refractivity contribution in [3.63, 3.8) is 0 Å². The highest BCUT2D eigenvalue weighted by Gasteiger charge is 2.44. The Morgan fingerprint density at radius 1 is 1.20 bits per heavy atom. The van der Waals surface area contributed by atoms with Gasteiger partial charge in [0.1, 0.15) is 6.10 Å². The molecule has 0 bridgehead atoms. The lowest BCUT2D eigenvalue weighted by Gasteiger charge is -2.46. The van der Waals surface area contributed by atoms with Crippen LogP contribution in [0.2, 0.25) is 0 Å². The van der Waals surface area contributed by atoms with Gasteiger partial charge in [0.05, 0.1) is 5.60 Å². The maximum absolute atomic E-state index is 10.9. The minimum Gasteiger partial charge on any atom is -0.385 e. The molecule has 1 atom stereocenters. The summed E-state index contributed by atoms with van der Waals surface area (Å²) >= 11 is 0. The van der Waals surface area contributed by atoms with Crippen LogP contribution >= 0.6 is 0 Å². The Bertz CT molecular complexity index is 440.